The summed E-state index contributed by atoms with van der Waals surface area (Å²) >= 11 is 0. The van der Waals surface area contributed by atoms with Gasteiger partial charge in [0.25, 0.3) is 0 Å². The summed E-state index contributed by atoms with van der Waals surface area (Å²) in [5.74, 6) is 0. The van der Waals surface area contributed by atoms with E-state index in [1.165, 1.54) is 87.2 Å². The molecule has 0 aliphatic heterocycles. The third-order valence-corrected chi connectivity index (χ3v) is 9.34. The molecule has 43 heavy (non-hydrogen) atoms. The summed E-state index contributed by atoms with van der Waals surface area (Å²) in [6.07, 6.45) is 0. The Balaban J connectivity index is 1.26. The van der Waals surface area contributed by atoms with E-state index < -0.39 is 0 Å². The molecule has 0 atom stereocenters. The minimum absolute atomic E-state index is 0.928. The van der Waals surface area contributed by atoms with Gasteiger partial charge in [0, 0.05) is 10.8 Å². The Bertz CT molecular complexity index is 2400. The van der Waals surface area contributed by atoms with Crippen LogP contribution < -0.4 is 0 Å². The zero-order valence-corrected chi connectivity index (χ0v) is 24.1. The molecule has 9 rings (SSSR count). The standard InChI is InChI=1S/C42H28O/c1-25-11-17-33(37-9-5-3-7-31(25)37)27-13-19-35-29(23-27)15-21-39-41(35)42-36-20-14-28(24-30(36)16-22-40(42)43-39)34-18-12-26(2)32-8-4-6-10-38(32)34/h3-24H,1-2H3. The quantitative estimate of drug-likeness (QED) is 0.209. The first-order valence-corrected chi connectivity index (χ1v) is 14.9. The van der Waals surface area contributed by atoms with Crippen LogP contribution in [0.1, 0.15) is 11.1 Å². The summed E-state index contributed by atoms with van der Waals surface area (Å²) < 4.78 is 6.44. The van der Waals surface area contributed by atoms with Gasteiger partial charge in [0.15, 0.2) is 0 Å². The van der Waals surface area contributed by atoms with Crippen molar-refractivity contribution in [3.05, 3.63) is 145 Å². The lowest BCUT2D eigenvalue weighted by molar-refractivity contribution is 0.669. The van der Waals surface area contributed by atoms with Crippen LogP contribution in [0.25, 0.3) is 87.3 Å². The van der Waals surface area contributed by atoms with Crippen molar-refractivity contribution >= 4 is 65.0 Å². The van der Waals surface area contributed by atoms with E-state index in [-0.39, 0.29) is 0 Å². The molecule has 1 heteroatoms. The Morgan fingerprint density at radius 2 is 0.814 bits per heavy atom. The molecule has 1 heterocycles. The lowest BCUT2D eigenvalue weighted by atomic mass is 9.92. The van der Waals surface area contributed by atoms with E-state index in [0.717, 1.165) is 11.2 Å². The summed E-state index contributed by atoms with van der Waals surface area (Å²) in [6.45, 7) is 4.37. The van der Waals surface area contributed by atoms with Crippen LogP contribution in [0, 0.1) is 13.8 Å². The Morgan fingerprint density at radius 1 is 0.372 bits per heavy atom. The summed E-state index contributed by atoms with van der Waals surface area (Å²) in [6, 6.07) is 48.8. The van der Waals surface area contributed by atoms with Gasteiger partial charge in [-0.15, -0.1) is 0 Å². The van der Waals surface area contributed by atoms with Gasteiger partial charge in [-0.25, -0.2) is 0 Å². The highest BCUT2D eigenvalue weighted by molar-refractivity contribution is 6.27. The van der Waals surface area contributed by atoms with Crippen molar-refractivity contribution in [3.63, 3.8) is 0 Å². The molecule has 0 saturated carbocycles. The van der Waals surface area contributed by atoms with Gasteiger partial charge in [-0.05, 0) is 115 Å². The normalized spacial score (nSPS) is 12.0. The topological polar surface area (TPSA) is 13.1 Å². The van der Waals surface area contributed by atoms with Crippen LogP contribution in [0.3, 0.4) is 0 Å². The van der Waals surface area contributed by atoms with E-state index in [9.17, 15) is 0 Å². The number of hydrogen-bond donors (Lipinski definition) is 0. The molecule has 8 aromatic carbocycles. The second-order valence-corrected chi connectivity index (χ2v) is 11.8. The van der Waals surface area contributed by atoms with Crippen LogP contribution in [-0.4, -0.2) is 0 Å². The van der Waals surface area contributed by atoms with Gasteiger partial charge in [0.1, 0.15) is 11.2 Å². The fourth-order valence-electron chi connectivity index (χ4n) is 7.16. The minimum atomic E-state index is 0.928. The zero-order valence-electron chi connectivity index (χ0n) is 24.1. The number of hydrogen-bond acceptors (Lipinski definition) is 1. The fraction of sp³-hybridized carbons (Fsp3) is 0.0476. The molecule has 0 N–H and O–H groups in total. The Labute approximate surface area is 249 Å². The van der Waals surface area contributed by atoms with Crippen molar-refractivity contribution in [3.8, 4) is 22.3 Å². The molecule has 0 amide bonds. The molecule has 202 valence electrons. The van der Waals surface area contributed by atoms with E-state index in [0.29, 0.717) is 0 Å². The third kappa shape index (κ3) is 3.58. The predicted octanol–water partition coefficient (Wildman–Crippen LogP) is 12.1. The lowest BCUT2D eigenvalue weighted by Crippen LogP contribution is -1.86. The van der Waals surface area contributed by atoms with Gasteiger partial charge in [-0.1, -0.05) is 109 Å². The second-order valence-electron chi connectivity index (χ2n) is 11.8. The Kier molecular flexibility index (Phi) is 5.10. The second kappa shape index (κ2) is 9.05. The zero-order chi connectivity index (χ0) is 28.7. The van der Waals surface area contributed by atoms with Crippen LogP contribution in [0.15, 0.2) is 138 Å². The first-order valence-electron chi connectivity index (χ1n) is 14.9. The van der Waals surface area contributed by atoms with E-state index in [4.69, 9.17) is 4.42 Å². The SMILES string of the molecule is Cc1ccc(-c2ccc3c(ccc4oc5ccc6cc(-c7ccc(C)c8ccccc78)ccc6c5c43)c2)c2ccccc12. The van der Waals surface area contributed by atoms with Gasteiger partial charge in [0.05, 0.1) is 0 Å². The lowest BCUT2D eigenvalue weighted by Gasteiger charge is -2.11. The van der Waals surface area contributed by atoms with E-state index in [1.807, 2.05) is 0 Å². The van der Waals surface area contributed by atoms with Crippen molar-refractivity contribution in [2.24, 2.45) is 0 Å². The van der Waals surface area contributed by atoms with Gasteiger partial charge in [-0.3, -0.25) is 0 Å². The number of furan rings is 1. The molecule has 0 saturated heterocycles. The number of benzene rings is 8. The molecule has 1 aromatic heterocycles. The van der Waals surface area contributed by atoms with Crippen molar-refractivity contribution in [1.82, 2.24) is 0 Å². The van der Waals surface area contributed by atoms with E-state index >= 15 is 0 Å². The molecule has 0 aliphatic carbocycles. The smallest absolute Gasteiger partial charge is 0.136 e. The van der Waals surface area contributed by atoms with Crippen molar-refractivity contribution in [2.45, 2.75) is 13.8 Å². The molecule has 0 unspecified atom stereocenters. The average molecular weight is 549 g/mol. The van der Waals surface area contributed by atoms with Crippen LogP contribution in [0.5, 0.6) is 0 Å². The average Bonchev–Trinajstić information content (AvgIpc) is 3.45. The molecule has 0 fully saturated rings. The molecule has 1 nitrogen and oxygen atoms in total. The largest absolute Gasteiger partial charge is 0.456 e. The third-order valence-electron chi connectivity index (χ3n) is 9.34. The maximum absolute atomic E-state index is 6.44. The molecular weight excluding hydrogens is 520 g/mol. The van der Waals surface area contributed by atoms with Gasteiger partial charge in [-0.2, -0.15) is 0 Å². The highest BCUT2D eigenvalue weighted by Crippen LogP contribution is 2.42. The van der Waals surface area contributed by atoms with E-state index in [1.54, 1.807) is 0 Å². The van der Waals surface area contributed by atoms with Crippen LogP contribution in [0.2, 0.25) is 0 Å². The maximum Gasteiger partial charge on any atom is 0.136 e. The monoisotopic (exact) mass is 548 g/mol. The van der Waals surface area contributed by atoms with Crippen LogP contribution in [0.4, 0.5) is 0 Å². The number of rotatable bonds is 2. The number of fused-ring (bicyclic) bond motifs is 9. The van der Waals surface area contributed by atoms with Gasteiger partial charge in [0.2, 0.25) is 0 Å². The predicted molar refractivity (Wildman–Crippen MR) is 184 cm³/mol. The summed E-state index contributed by atoms with van der Waals surface area (Å²) in [4.78, 5) is 0. The molecular formula is C42H28O. The van der Waals surface area contributed by atoms with E-state index in [2.05, 4.69) is 147 Å². The fourth-order valence-corrected chi connectivity index (χ4v) is 7.16. The van der Waals surface area contributed by atoms with Crippen LogP contribution in [-0.2, 0) is 0 Å². The maximum atomic E-state index is 6.44. The van der Waals surface area contributed by atoms with Gasteiger partial charge < -0.3 is 4.42 Å². The van der Waals surface area contributed by atoms with Crippen LogP contribution >= 0.6 is 0 Å². The summed E-state index contributed by atoms with van der Waals surface area (Å²) in [7, 11) is 0. The van der Waals surface area contributed by atoms with Crippen molar-refractivity contribution in [2.75, 3.05) is 0 Å². The highest BCUT2D eigenvalue weighted by Gasteiger charge is 2.16. The molecule has 9 aromatic rings. The minimum Gasteiger partial charge on any atom is -0.456 e. The van der Waals surface area contributed by atoms with Crippen molar-refractivity contribution in [1.29, 1.82) is 0 Å². The Hall–Kier alpha value is -5.40. The molecule has 0 aliphatic rings. The highest BCUT2D eigenvalue weighted by atomic mass is 16.3. The molecule has 0 radical (unpaired) electrons. The van der Waals surface area contributed by atoms with Gasteiger partial charge >= 0.3 is 0 Å². The Morgan fingerprint density at radius 3 is 1.28 bits per heavy atom. The summed E-state index contributed by atoms with van der Waals surface area (Å²) in [5, 5.41) is 12.4. The molecule has 0 spiro atoms. The first-order chi connectivity index (χ1) is 21.1. The first kappa shape index (κ1) is 24.2. The number of aryl methyl sites for hydroxylation is 2. The van der Waals surface area contributed by atoms with Crippen molar-refractivity contribution < 1.29 is 4.42 Å². The summed E-state index contributed by atoms with van der Waals surface area (Å²) in [5.41, 5.74) is 9.46. The molecule has 0 bridgehead atoms.